The summed E-state index contributed by atoms with van der Waals surface area (Å²) in [6, 6.07) is 9.18. The number of carbonyl (C=O) groups is 1. The highest BCUT2D eigenvalue weighted by Crippen LogP contribution is 2.17. The Kier molecular flexibility index (Phi) is 4.73. The molecule has 0 spiro atoms. The number of benzene rings is 1. The largest absolute Gasteiger partial charge is 0.370 e. The predicted octanol–water partition coefficient (Wildman–Crippen LogP) is 2.13. The first-order valence-electron chi connectivity index (χ1n) is 9.41. The van der Waals surface area contributed by atoms with Gasteiger partial charge in [0.15, 0.2) is 0 Å². The molecule has 6 nitrogen and oxygen atoms in total. The van der Waals surface area contributed by atoms with E-state index in [9.17, 15) is 9.59 Å². The van der Waals surface area contributed by atoms with Crippen LogP contribution in [0.4, 0.5) is 5.69 Å². The SMILES string of the molecule is O=C(c1ccc(Cn2ncc(N3CCCC3)cc2=O)cc1)N1CCCC1. The van der Waals surface area contributed by atoms with Crippen LogP contribution in [0.3, 0.4) is 0 Å². The summed E-state index contributed by atoms with van der Waals surface area (Å²) in [5.41, 5.74) is 2.49. The van der Waals surface area contributed by atoms with Gasteiger partial charge in [0.1, 0.15) is 0 Å². The monoisotopic (exact) mass is 352 g/mol. The van der Waals surface area contributed by atoms with Crippen molar-refractivity contribution in [1.29, 1.82) is 0 Å². The highest BCUT2D eigenvalue weighted by Gasteiger charge is 2.19. The molecule has 3 heterocycles. The molecule has 0 N–H and O–H groups in total. The maximum Gasteiger partial charge on any atom is 0.269 e. The van der Waals surface area contributed by atoms with Crippen LogP contribution in [0.25, 0.3) is 0 Å². The zero-order valence-corrected chi connectivity index (χ0v) is 14.9. The summed E-state index contributed by atoms with van der Waals surface area (Å²) >= 11 is 0. The number of hydrogen-bond donors (Lipinski definition) is 0. The maximum atomic E-state index is 12.4. The van der Waals surface area contributed by atoms with Crippen molar-refractivity contribution in [3.05, 3.63) is 58.0 Å². The Morgan fingerprint density at radius 3 is 2.27 bits per heavy atom. The summed E-state index contributed by atoms with van der Waals surface area (Å²) < 4.78 is 1.47. The molecule has 0 bridgehead atoms. The minimum atomic E-state index is -0.0911. The molecular weight excluding hydrogens is 328 g/mol. The van der Waals surface area contributed by atoms with E-state index in [-0.39, 0.29) is 11.5 Å². The molecular formula is C20H24N4O2. The van der Waals surface area contributed by atoms with Crippen molar-refractivity contribution in [2.45, 2.75) is 32.2 Å². The number of likely N-dealkylation sites (tertiary alicyclic amines) is 1. The highest BCUT2D eigenvalue weighted by molar-refractivity contribution is 5.94. The fourth-order valence-electron chi connectivity index (χ4n) is 3.72. The van der Waals surface area contributed by atoms with Gasteiger partial charge in [-0.15, -0.1) is 0 Å². The first-order valence-corrected chi connectivity index (χ1v) is 9.41. The molecule has 2 aliphatic heterocycles. The molecule has 0 unspecified atom stereocenters. The molecule has 1 aromatic heterocycles. The van der Waals surface area contributed by atoms with E-state index in [0.717, 1.165) is 50.3 Å². The number of hydrogen-bond acceptors (Lipinski definition) is 4. The molecule has 2 aliphatic rings. The topological polar surface area (TPSA) is 58.4 Å². The van der Waals surface area contributed by atoms with Crippen LogP contribution in [0.5, 0.6) is 0 Å². The Morgan fingerprint density at radius 1 is 0.962 bits per heavy atom. The Labute approximate surface area is 153 Å². The minimum Gasteiger partial charge on any atom is -0.370 e. The maximum absolute atomic E-state index is 12.4. The van der Waals surface area contributed by atoms with Crippen molar-refractivity contribution in [2.75, 3.05) is 31.1 Å². The number of amides is 1. The van der Waals surface area contributed by atoms with Gasteiger partial charge in [-0.1, -0.05) is 12.1 Å². The quantitative estimate of drug-likeness (QED) is 0.846. The van der Waals surface area contributed by atoms with Crippen LogP contribution in [0.15, 0.2) is 41.3 Å². The summed E-state index contributed by atoms with van der Waals surface area (Å²) in [6.07, 6.45) is 6.30. The Bertz CT molecular complexity index is 832. The molecule has 1 aromatic carbocycles. The van der Waals surface area contributed by atoms with Gasteiger partial charge in [0, 0.05) is 37.8 Å². The third-order valence-electron chi connectivity index (χ3n) is 5.25. The predicted molar refractivity (Wildman–Crippen MR) is 101 cm³/mol. The second-order valence-electron chi connectivity index (χ2n) is 7.10. The second-order valence-corrected chi connectivity index (χ2v) is 7.10. The van der Waals surface area contributed by atoms with Crippen molar-refractivity contribution in [3.8, 4) is 0 Å². The molecule has 1 amide bonds. The molecule has 26 heavy (non-hydrogen) atoms. The van der Waals surface area contributed by atoms with Gasteiger partial charge in [-0.3, -0.25) is 9.59 Å². The number of nitrogens with zero attached hydrogens (tertiary/aromatic N) is 4. The third-order valence-corrected chi connectivity index (χ3v) is 5.25. The van der Waals surface area contributed by atoms with Crippen molar-refractivity contribution >= 4 is 11.6 Å². The summed E-state index contributed by atoms with van der Waals surface area (Å²) in [5.74, 6) is 0.0966. The van der Waals surface area contributed by atoms with Crippen LogP contribution in [0.2, 0.25) is 0 Å². The Morgan fingerprint density at radius 2 is 1.62 bits per heavy atom. The van der Waals surface area contributed by atoms with Crippen LogP contribution < -0.4 is 10.5 Å². The van der Waals surface area contributed by atoms with Crippen LogP contribution in [-0.2, 0) is 6.54 Å². The van der Waals surface area contributed by atoms with E-state index in [2.05, 4.69) is 10.00 Å². The van der Waals surface area contributed by atoms with E-state index in [1.165, 1.54) is 17.5 Å². The molecule has 2 saturated heterocycles. The number of aromatic nitrogens is 2. The molecule has 0 saturated carbocycles. The zero-order valence-electron chi connectivity index (χ0n) is 14.9. The van der Waals surface area contributed by atoms with Gasteiger partial charge in [0.2, 0.25) is 0 Å². The fraction of sp³-hybridized carbons (Fsp3) is 0.450. The van der Waals surface area contributed by atoms with Crippen molar-refractivity contribution in [3.63, 3.8) is 0 Å². The highest BCUT2D eigenvalue weighted by atomic mass is 16.2. The smallest absolute Gasteiger partial charge is 0.269 e. The zero-order chi connectivity index (χ0) is 17.9. The van der Waals surface area contributed by atoms with Crippen molar-refractivity contribution in [1.82, 2.24) is 14.7 Å². The standard InChI is InChI=1S/C20H24N4O2/c25-19-13-18(22-9-1-2-10-22)14-21-24(19)15-16-5-7-17(8-6-16)20(26)23-11-3-4-12-23/h5-8,13-14H,1-4,9-12,15H2. The first kappa shape index (κ1) is 16.8. The number of carbonyl (C=O) groups excluding carboxylic acids is 1. The van der Waals surface area contributed by atoms with E-state index < -0.39 is 0 Å². The van der Waals surface area contributed by atoms with Gasteiger partial charge >= 0.3 is 0 Å². The average molecular weight is 352 g/mol. The van der Waals surface area contributed by atoms with E-state index in [0.29, 0.717) is 12.1 Å². The Hall–Kier alpha value is -2.63. The van der Waals surface area contributed by atoms with Crippen LogP contribution in [0.1, 0.15) is 41.6 Å². The van der Waals surface area contributed by atoms with E-state index in [4.69, 9.17) is 0 Å². The van der Waals surface area contributed by atoms with Crippen molar-refractivity contribution in [2.24, 2.45) is 0 Å². The van der Waals surface area contributed by atoms with Crippen LogP contribution >= 0.6 is 0 Å². The summed E-state index contributed by atoms with van der Waals surface area (Å²) in [5, 5.41) is 4.33. The Balaban J connectivity index is 1.45. The van der Waals surface area contributed by atoms with E-state index in [1.54, 1.807) is 12.3 Å². The molecule has 0 radical (unpaired) electrons. The summed E-state index contributed by atoms with van der Waals surface area (Å²) in [4.78, 5) is 28.9. The van der Waals surface area contributed by atoms with Crippen LogP contribution in [-0.4, -0.2) is 46.8 Å². The third kappa shape index (κ3) is 3.49. The normalized spacial score (nSPS) is 17.1. The summed E-state index contributed by atoms with van der Waals surface area (Å²) in [7, 11) is 0. The molecule has 6 heteroatoms. The summed E-state index contributed by atoms with van der Waals surface area (Å²) in [6.45, 7) is 4.11. The lowest BCUT2D eigenvalue weighted by molar-refractivity contribution is 0.0793. The van der Waals surface area contributed by atoms with Gasteiger partial charge in [-0.2, -0.15) is 5.10 Å². The van der Waals surface area contributed by atoms with Gasteiger partial charge in [0.05, 0.1) is 18.4 Å². The first-order chi connectivity index (χ1) is 12.7. The molecule has 2 aromatic rings. The lowest BCUT2D eigenvalue weighted by Gasteiger charge is -2.17. The lowest BCUT2D eigenvalue weighted by Crippen LogP contribution is -2.27. The molecule has 0 aliphatic carbocycles. The van der Waals surface area contributed by atoms with Gasteiger partial charge in [-0.25, -0.2) is 4.68 Å². The minimum absolute atomic E-state index is 0.0911. The molecule has 0 atom stereocenters. The van der Waals surface area contributed by atoms with Crippen molar-refractivity contribution < 1.29 is 4.79 Å². The van der Waals surface area contributed by atoms with Gasteiger partial charge in [-0.05, 0) is 43.4 Å². The average Bonchev–Trinajstić information content (AvgIpc) is 3.37. The van der Waals surface area contributed by atoms with Crippen LogP contribution in [0, 0.1) is 0 Å². The van der Waals surface area contributed by atoms with E-state index >= 15 is 0 Å². The molecule has 136 valence electrons. The second kappa shape index (κ2) is 7.32. The molecule has 2 fully saturated rings. The number of rotatable bonds is 4. The lowest BCUT2D eigenvalue weighted by atomic mass is 10.1. The number of anilines is 1. The fourth-order valence-corrected chi connectivity index (χ4v) is 3.72. The van der Waals surface area contributed by atoms with Gasteiger partial charge in [0.25, 0.3) is 11.5 Å². The van der Waals surface area contributed by atoms with Gasteiger partial charge < -0.3 is 9.80 Å². The van der Waals surface area contributed by atoms with E-state index in [1.807, 2.05) is 29.2 Å². The molecule has 4 rings (SSSR count).